The van der Waals surface area contributed by atoms with Gasteiger partial charge in [-0.2, -0.15) is 4.39 Å². The first-order chi connectivity index (χ1) is 8.58. The van der Waals surface area contributed by atoms with Gasteiger partial charge >= 0.3 is 0 Å². The minimum absolute atomic E-state index is 0.0828. The predicted molar refractivity (Wildman–Crippen MR) is 69.2 cm³/mol. The molecular formula is C13H10BrF2NO. The van der Waals surface area contributed by atoms with E-state index < -0.39 is 11.6 Å². The summed E-state index contributed by atoms with van der Waals surface area (Å²) in [5.74, 6) is -2.05. The van der Waals surface area contributed by atoms with Gasteiger partial charge in [0, 0.05) is 15.7 Å². The van der Waals surface area contributed by atoms with Gasteiger partial charge < -0.3 is 10.5 Å². The SMILES string of the molecule is Nc1cc(Br)ccc1COc1cccc(F)c1F. The zero-order valence-corrected chi connectivity index (χ0v) is 10.9. The van der Waals surface area contributed by atoms with E-state index in [0.717, 1.165) is 10.5 Å². The molecule has 0 aliphatic carbocycles. The Bertz CT molecular complexity index is 575. The molecule has 0 saturated heterocycles. The molecule has 0 aromatic heterocycles. The number of halogens is 3. The Hall–Kier alpha value is -1.62. The van der Waals surface area contributed by atoms with Crippen LogP contribution < -0.4 is 10.5 Å². The van der Waals surface area contributed by atoms with Crippen LogP contribution in [0.1, 0.15) is 5.56 Å². The molecule has 5 heteroatoms. The lowest BCUT2D eigenvalue weighted by Gasteiger charge is -2.09. The number of nitrogens with two attached hydrogens (primary N) is 1. The predicted octanol–water partition coefficient (Wildman–Crippen LogP) is 3.89. The summed E-state index contributed by atoms with van der Waals surface area (Å²) in [7, 11) is 0. The summed E-state index contributed by atoms with van der Waals surface area (Å²) in [5.41, 5.74) is 7.01. The third kappa shape index (κ3) is 2.79. The van der Waals surface area contributed by atoms with Crippen molar-refractivity contribution in [2.45, 2.75) is 6.61 Å². The maximum atomic E-state index is 13.3. The van der Waals surface area contributed by atoms with Crippen molar-refractivity contribution in [1.82, 2.24) is 0 Å². The summed E-state index contributed by atoms with van der Waals surface area (Å²) in [6.45, 7) is 0.0828. The summed E-state index contributed by atoms with van der Waals surface area (Å²) < 4.78 is 32.3. The first-order valence-corrected chi connectivity index (χ1v) is 5.98. The van der Waals surface area contributed by atoms with Crippen molar-refractivity contribution in [3.8, 4) is 5.75 Å². The smallest absolute Gasteiger partial charge is 0.200 e. The number of ether oxygens (including phenoxy) is 1. The van der Waals surface area contributed by atoms with Gasteiger partial charge in [-0.15, -0.1) is 0 Å². The average Bonchev–Trinajstić information content (AvgIpc) is 2.33. The Morgan fingerprint density at radius 3 is 2.67 bits per heavy atom. The highest BCUT2D eigenvalue weighted by Crippen LogP contribution is 2.23. The summed E-state index contributed by atoms with van der Waals surface area (Å²) >= 11 is 3.28. The van der Waals surface area contributed by atoms with E-state index in [-0.39, 0.29) is 12.4 Å². The summed E-state index contributed by atoms with van der Waals surface area (Å²) in [6.07, 6.45) is 0. The van der Waals surface area contributed by atoms with Crippen molar-refractivity contribution >= 4 is 21.6 Å². The second-order valence-electron chi connectivity index (χ2n) is 3.68. The summed E-state index contributed by atoms with van der Waals surface area (Å²) in [5, 5.41) is 0. The van der Waals surface area contributed by atoms with E-state index in [1.165, 1.54) is 12.1 Å². The molecule has 0 fully saturated rings. The monoisotopic (exact) mass is 313 g/mol. The molecule has 2 aromatic carbocycles. The average molecular weight is 314 g/mol. The van der Waals surface area contributed by atoms with E-state index in [1.54, 1.807) is 18.2 Å². The largest absolute Gasteiger partial charge is 0.486 e. The maximum absolute atomic E-state index is 13.3. The van der Waals surface area contributed by atoms with Gasteiger partial charge in [-0.05, 0) is 24.3 Å². The van der Waals surface area contributed by atoms with Gasteiger partial charge in [-0.25, -0.2) is 4.39 Å². The van der Waals surface area contributed by atoms with Crippen LogP contribution in [0.3, 0.4) is 0 Å². The van der Waals surface area contributed by atoms with Crippen molar-refractivity contribution in [2.24, 2.45) is 0 Å². The second kappa shape index (κ2) is 5.35. The van der Waals surface area contributed by atoms with Crippen LogP contribution >= 0.6 is 15.9 Å². The molecule has 0 radical (unpaired) electrons. The molecule has 2 rings (SSSR count). The fraction of sp³-hybridized carbons (Fsp3) is 0.0769. The lowest BCUT2D eigenvalue weighted by molar-refractivity contribution is 0.285. The first kappa shape index (κ1) is 12.8. The van der Waals surface area contributed by atoms with Crippen molar-refractivity contribution in [1.29, 1.82) is 0 Å². The fourth-order valence-corrected chi connectivity index (χ4v) is 1.83. The molecular weight excluding hydrogens is 304 g/mol. The highest BCUT2D eigenvalue weighted by Gasteiger charge is 2.09. The first-order valence-electron chi connectivity index (χ1n) is 5.18. The zero-order valence-electron chi connectivity index (χ0n) is 9.29. The molecule has 0 aliphatic heterocycles. The minimum Gasteiger partial charge on any atom is -0.486 e. The molecule has 0 aliphatic rings. The van der Waals surface area contributed by atoms with Gasteiger partial charge in [0.25, 0.3) is 0 Å². The van der Waals surface area contributed by atoms with Crippen LogP contribution in [0.2, 0.25) is 0 Å². The van der Waals surface area contributed by atoms with Gasteiger partial charge in [-0.1, -0.05) is 28.1 Å². The van der Waals surface area contributed by atoms with E-state index in [9.17, 15) is 8.78 Å². The van der Waals surface area contributed by atoms with E-state index in [1.807, 2.05) is 0 Å². The van der Waals surface area contributed by atoms with Gasteiger partial charge in [0.1, 0.15) is 6.61 Å². The quantitative estimate of drug-likeness (QED) is 0.873. The van der Waals surface area contributed by atoms with E-state index in [4.69, 9.17) is 10.5 Å². The lowest BCUT2D eigenvalue weighted by Crippen LogP contribution is -2.02. The minimum atomic E-state index is -0.992. The Morgan fingerprint density at radius 2 is 1.94 bits per heavy atom. The number of hydrogen-bond donors (Lipinski definition) is 1. The number of benzene rings is 2. The third-order valence-corrected chi connectivity index (χ3v) is 2.90. The number of nitrogen functional groups attached to an aromatic ring is 1. The molecule has 0 unspecified atom stereocenters. The fourth-order valence-electron chi connectivity index (χ4n) is 1.45. The molecule has 0 saturated carbocycles. The maximum Gasteiger partial charge on any atom is 0.200 e. The van der Waals surface area contributed by atoms with Crippen LogP contribution in [-0.2, 0) is 6.61 Å². The Labute approximate surface area is 112 Å². The Balaban J connectivity index is 2.14. The highest BCUT2D eigenvalue weighted by atomic mass is 79.9. The Morgan fingerprint density at radius 1 is 1.17 bits per heavy atom. The molecule has 18 heavy (non-hydrogen) atoms. The van der Waals surface area contributed by atoms with Gasteiger partial charge in [-0.3, -0.25) is 0 Å². The van der Waals surface area contributed by atoms with Crippen LogP contribution in [-0.4, -0.2) is 0 Å². The van der Waals surface area contributed by atoms with Crippen molar-refractivity contribution < 1.29 is 13.5 Å². The molecule has 0 amide bonds. The van der Waals surface area contributed by atoms with Crippen LogP contribution in [0.4, 0.5) is 14.5 Å². The second-order valence-corrected chi connectivity index (χ2v) is 4.60. The molecule has 0 atom stereocenters. The number of rotatable bonds is 3. The van der Waals surface area contributed by atoms with E-state index in [2.05, 4.69) is 15.9 Å². The van der Waals surface area contributed by atoms with Gasteiger partial charge in [0.15, 0.2) is 11.6 Å². The standard InChI is InChI=1S/C13H10BrF2NO/c14-9-5-4-8(11(17)6-9)7-18-12-3-1-2-10(15)13(12)16/h1-6H,7,17H2. The Kier molecular flexibility index (Phi) is 3.81. The van der Waals surface area contributed by atoms with Crippen LogP contribution in [0.15, 0.2) is 40.9 Å². The molecule has 0 spiro atoms. The van der Waals surface area contributed by atoms with E-state index in [0.29, 0.717) is 11.3 Å². The molecule has 0 bridgehead atoms. The van der Waals surface area contributed by atoms with Crippen LogP contribution in [0.25, 0.3) is 0 Å². The van der Waals surface area contributed by atoms with Crippen molar-refractivity contribution in [3.05, 3.63) is 58.1 Å². The number of hydrogen-bond acceptors (Lipinski definition) is 2. The summed E-state index contributed by atoms with van der Waals surface area (Å²) in [6, 6.07) is 9.08. The van der Waals surface area contributed by atoms with Gasteiger partial charge in [0.2, 0.25) is 5.82 Å². The molecule has 2 aromatic rings. The normalized spacial score (nSPS) is 10.4. The topological polar surface area (TPSA) is 35.2 Å². The van der Waals surface area contributed by atoms with Crippen molar-refractivity contribution in [3.63, 3.8) is 0 Å². The van der Waals surface area contributed by atoms with Crippen LogP contribution in [0.5, 0.6) is 5.75 Å². The summed E-state index contributed by atoms with van der Waals surface area (Å²) in [4.78, 5) is 0. The van der Waals surface area contributed by atoms with Gasteiger partial charge in [0.05, 0.1) is 0 Å². The zero-order chi connectivity index (χ0) is 13.1. The molecule has 2 N–H and O–H groups in total. The van der Waals surface area contributed by atoms with Crippen LogP contribution in [0, 0.1) is 11.6 Å². The number of anilines is 1. The lowest BCUT2D eigenvalue weighted by atomic mass is 10.2. The third-order valence-electron chi connectivity index (χ3n) is 2.41. The molecule has 0 heterocycles. The molecule has 2 nitrogen and oxygen atoms in total. The highest BCUT2D eigenvalue weighted by molar-refractivity contribution is 9.10. The molecule has 94 valence electrons. The van der Waals surface area contributed by atoms with E-state index >= 15 is 0 Å². The van der Waals surface area contributed by atoms with Crippen molar-refractivity contribution in [2.75, 3.05) is 5.73 Å².